The number of nitrogens with zero attached hydrogens (tertiary/aromatic N) is 1. The number of aliphatic hydroxyl groups is 1. The number of aliphatic carboxylic acids is 1. The lowest BCUT2D eigenvalue weighted by Crippen LogP contribution is -2.60. The molecule has 26 nitrogen and oxygen atoms in total. The molecule has 2 heterocycles. The van der Waals surface area contributed by atoms with Gasteiger partial charge in [-0.25, -0.2) is 4.79 Å². The van der Waals surface area contributed by atoms with Gasteiger partial charge in [-0.05, 0) is 187 Å². The average molecular weight is 1070 g/mol. The van der Waals surface area contributed by atoms with Crippen LogP contribution in [0.2, 0.25) is 0 Å². The molecule has 22 N–H and O–H groups in total. The van der Waals surface area contributed by atoms with Crippen molar-refractivity contribution in [3.63, 3.8) is 0 Å². The minimum Gasteiger partial charge on any atom is -0.480 e. The molecule has 430 valence electrons. The molecule has 9 atom stereocenters. The Kier molecular flexibility index (Phi) is 33.8. The Bertz CT molecular complexity index is 1760. The Morgan fingerprint density at radius 2 is 0.760 bits per heavy atom. The van der Waals surface area contributed by atoms with Gasteiger partial charge in [-0.1, -0.05) is 0 Å². The highest BCUT2D eigenvalue weighted by atomic mass is 16.4. The maximum atomic E-state index is 14.4. The highest BCUT2D eigenvalue weighted by molar-refractivity contribution is 5.98. The van der Waals surface area contributed by atoms with Gasteiger partial charge in [0.2, 0.25) is 47.3 Å². The largest absolute Gasteiger partial charge is 0.480 e. The lowest BCUT2D eigenvalue weighted by atomic mass is 10.0. The fourth-order valence-corrected chi connectivity index (χ4v) is 9.05. The number of carboxylic acid groups (broad SMARTS) is 1. The molecule has 2 saturated heterocycles. The molecule has 0 saturated carbocycles. The zero-order chi connectivity index (χ0) is 55.5. The number of carboxylic acids is 1. The van der Waals surface area contributed by atoms with Crippen molar-refractivity contribution >= 4 is 53.2 Å². The van der Waals surface area contributed by atoms with Crippen LogP contribution in [0.25, 0.3) is 0 Å². The first kappa shape index (κ1) is 66.0. The van der Waals surface area contributed by atoms with Crippen molar-refractivity contribution in [2.75, 3.05) is 59.0 Å². The van der Waals surface area contributed by atoms with Gasteiger partial charge in [0.25, 0.3) is 0 Å². The zero-order valence-electron chi connectivity index (χ0n) is 44.1. The van der Waals surface area contributed by atoms with Gasteiger partial charge in [0, 0.05) is 6.54 Å². The van der Waals surface area contributed by atoms with E-state index < -0.39 is 114 Å². The third-order valence-electron chi connectivity index (χ3n) is 13.5. The predicted octanol–water partition coefficient (Wildman–Crippen LogP) is -4.03. The number of likely N-dealkylation sites (tertiary alicyclic amines) is 1. The Labute approximate surface area is 441 Å². The summed E-state index contributed by atoms with van der Waals surface area (Å²) in [5, 5.41) is 41.9. The molecule has 0 spiro atoms. The van der Waals surface area contributed by atoms with Crippen LogP contribution in [0, 0.1) is 0 Å². The number of nitrogens with two attached hydrogens (primary N) is 6. The second kappa shape index (κ2) is 38.5. The molecule has 0 aromatic heterocycles. The van der Waals surface area contributed by atoms with Crippen molar-refractivity contribution in [2.24, 2.45) is 34.4 Å². The van der Waals surface area contributed by atoms with Gasteiger partial charge in [-0.15, -0.1) is 0 Å². The van der Waals surface area contributed by atoms with E-state index in [0.717, 1.165) is 6.42 Å². The molecule has 2 aliphatic heterocycles. The summed E-state index contributed by atoms with van der Waals surface area (Å²) in [6, 6.07) is -10.1. The number of rotatable bonds is 41. The lowest BCUT2D eigenvalue weighted by molar-refractivity contribution is -0.149. The topological polar surface area (TPSA) is 450 Å². The molecule has 26 heteroatoms. The number of carbonyl (C=O) groups is 9. The zero-order valence-corrected chi connectivity index (χ0v) is 44.1. The minimum atomic E-state index is -1.36. The standard InChI is InChI=1S/C49H93N15O11/c50-23-7-1-15-33(57-43(68)34(16-2-8-24-51)59-45(70)36(18-4-10-26-53)61-47(72)39(31-65)63-41(66)32-21-13-29-56-32)42(67)58-35(17-3-9-25-52)44(69)60-37(19-5-11-27-54)46(71)62-38(20-6-12-28-55)48(73)64-30-14-22-40(64)49(74)75/h32-40,56,65H,1-31,50-55H2,(H,57,68)(H,58,67)(H,59,70)(H,60,69)(H,61,72)(H,62,71)(H,63,66)(H,74,75). The first-order valence-electron chi connectivity index (χ1n) is 27.3. The normalized spacial score (nSPS) is 18.1. The van der Waals surface area contributed by atoms with E-state index in [1.807, 2.05) is 0 Å². The van der Waals surface area contributed by atoms with Crippen molar-refractivity contribution in [1.82, 2.24) is 47.4 Å². The quantitative estimate of drug-likeness (QED) is 0.0259. The van der Waals surface area contributed by atoms with E-state index in [9.17, 15) is 53.4 Å². The lowest BCUT2D eigenvalue weighted by Gasteiger charge is -2.30. The fraction of sp³-hybridized carbons (Fsp3) is 0.816. The molecule has 0 bridgehead atoms. The summed E-state index contributed by atoms with van der Waals surface area (Å²) in [5.74, 6) is -6.56. The Hall–Kier alpha value is -5.09. The molecule has 0 aliphatic carbocycles. The van der Waals surface area contributed by atoms with Crippen LogP contribution in [-0.4, -0.2) is 182 Å². The summed E-state index contributed by atoms with van der Waals surface area (Å²) in [4.78, 5) is 125. The van der Waals surface area contributed by atoms with Crippen molar-refractivity contribution < 1.29 is 53.4 Å². The molecular weight excluding hydrogens is 975 g/mol. The molecular formula is C49H93N15O11. The van der Waals surface area contributed by atoms with Crippen molar-refractivity contribution in [2.45, 2.75) is 196 Å². The molecule has 0 aromatic rings. The smallest absolute Gasteiger partial charge is 0.326 e. The number of hydrogen-bond acceptors (Lipinski definition) is 17. The van der Waals surface area contributed by atoms with E-state index in [4.69, 9.17) is 34.4 Å². The van der Waals surface area contributed by atoms with E-state index >= 15 is 0 Å². The molecule has 2 aliphatic rings. The number of hydrogen-bond donors (Lipinski definition) is 16. The molecule has 0 aromatic carbocycles. The first-order valence-corrected chi connectivity index (χ1v) is 27.3. The summed E-state index contributed by atoms with van der Waals surface area (Å²) < 4.78 is 0. The van der Waals surface area contributed by atoms with Crippen LogP contribution in [0.3, 0.4) is 0 Å². The Morgan fingerprint density at radius 1 is 0.440 bits per heavy atom. The van der Waals surface area contributed by atoms with E-state index in [-0.39, 0.29) is 71.1 Å². The summed E-state index contributed by atoms with van der Waals surface area (Å²) in [5.41, 5.74) is 34.6. The first-order chi connectivity index (χ1) is 36.1. The third-order valence-corrected chi connectivity index (χ3v) is 13.5. The number of nitrogens with one attached hydrogen (secondary N) is 8. The van der Waals surface area contributed by atoms with Gasteiger partial charge in [0.15, 0.2) is 0 Å². The summed E-state index contributed by atoms with van der Waals surface area (Å²) >= 11 is 0. The van der Waals surface area contributed by atoms with Crippen molar-refractivity contribution in [3.05, 3.63) is 0 Å². The minimum absolute atomic E-state index is 0.0846. The van der Waals surface area contributed by atoms with Gasteiger partial charge in [0.1, 0.15) is 48.3 Å². The van der Waals surface area contributed by atoms with Crippen LogP contribution in [0.4, 0.5) is 0 Å². The number of amides is 8. The van der Waals surface area contributed by atoms with Crippen molar-refractivity contribution in [1.29, 1.82) is 0 Å². The van der Waals surface area contributed by atoms with Crippen LogP contribution in [-0.2, 0) is 43.2 Å². The Morgan fingerprint density at radius 3 is 1.05 bits per heavy atom. The van der Waals surface area contributed by atoms with Crippen LogP contribution in [0.15, 0.2) is 0 Å². The van der Waals surface area contributed by atoms with Crippen LogP contribution >= 0.6 is 0 Å². The van der Waals surface area contributed by atoms with Gasteiger partial charge in [-0.3, -0.25) is 38.4 Å². The maximum Gasteiger partial charge on any atom is 0.326 e. The summed E-state index contributed by atoms with van der Waals surface area (Å²) in [6.07, 6.45) is 8.23. The number of aliphatic hydroxyl groups excluding tert-OH is 1. The van der Waals surface area contributed by atoms with E-state index in [1.54, 1.807) is 0 Å². The second-order valence-electron chi connectivity index (χ2n) is 19.5. The summed E-state index contributed by atoms with van der Waals surface area (Å²) in [7, 11) is 0. The van der Waals surface area contributed by atoms with Gasteiger partial charge >= 0.3 is 5.97 Å². The highest BCUT2D eigenvalue weighted by Gasteiger charge is 2.39. The van der Waals surface area contributed by atoms with Gasteiger partial charge in [-0.2, -0.15) is 0 Å². The molecule has 8 amide bonds. The highest BCUT2D eigenvalue weighted by Crippen LogP contribution is 2.20. The van der Waals surface area contributed by atoms with E-state index in [2.05, 4.69) is 42.5 Å². The van der Waals surface area contributed by atoms with Crippen LogP contribution in [0.5, 0.6) is 0 Å². The monoisotopic (exact) mass is 1070 g/mol. The SMILES string of the molecule is NCCCCC(NC(=O)C(CO)NC(=O)C1CCCN1)C(=O)NC(CCCCN)C(=O)NC(CCCCN)C(=O)NC(CCCCN)C(=O)NC(CCCCN)C(=O)NC(CCCCN)C(=O)N1CCCC1C(=O)O. The molecule has 2 rings (SSSR count). The maximum absolute atomic E-state index is 14.4. The molecule has 9 unspecified atom stereocenters. The molecule has 75 heavy (non-hydrogen) atoms. The van der Waals surface area contributed by atoms with Crippen LogP contribution in [0.1, 0.15) is 141 Å². The average Bonchev–Trinajstić information content (AvgIpc) is 4.13. The van der Waals surface area contributed by atoms with E-state index in [0.29, 0.717) is 116 Å². The second-order valence-corrected chi connectivity index (χ2v) is 19.5. The van der Waals surface area contributed by atoms with Gasteiger partial charge < -0.3 is 92.0 Å². The molecule has 2 fully saturated rings. The predicted molar refractivity (Wildman–Crippen MR) is 281 cm³/mol. The fourth-order valence-electron chi connectivity index (χ4n) is 9.05. The number of carbonyl (C=O) groups excluding carboxylic acids is 8. The Balaban J connectivity index is 2.41. The number of unbranched alkanes of at least 4 members (excludes halogenated alkanes) is 6. The van der Waals surface area contributed by atoms with Crippen molar-refractivity contribution in [3.8, 4) is 0 Å². The van der Waals surface area contributed by atoms with Gasteiger partial charge in [0.05, 0.1) is 12.6 Å². The third kappa shape index (κ3) is 24.6. The van der Waals surface area contributed by atoms with Crippen LogP contribution < -0.4 is 76.9 Å². The van der Waals surface area contributed by atoms with E-state index in [1.165, 1.54) is 4.90 Å². The molecule has 0 radical (unpaired) electrons. The summed E-state index contributed by atoms with van der Waals surface area (Å²) in [6.45, 7) is 1.90.